The van der Waals surface area contributed by atoms with Crippen LogP contribution in [0.2, 0.25) is 0 Å². The maximum absolute atomic E-state index is 12.2. The van der Waals surface area contributed by atoms with E-state index in [0.717, 1.165) is 16.0 Å². The molecule has 0 aliphatic rings. The summed E-state index contributed by atoms with van der Waals surface area (Å²) in [6, 6.07) is 5.75. The molecule has 2 aromatic heterocycles. The van der Waals surface area contributed by atoms with E-state index in [-0.39, 0.29) is 5.91 Å². The molecule has 4 nitrogen and oxygen atoms in total. The Labute approximate surface area is 128 Å². The van der Waals surface area contributed by atoms with Crippen molar-refractivity contribution in [2.24, 2.45) is 5.73 Å². The molecule has 1 amide bonds. The zero-order chi connectivity index (χ0) is 15.1. The Kier molecular flexibility index (Phi) is 5.50. The topological polar surface area (TPSA) is 59.2 Å². The van der Waals surface area contributed by atoms with Crippen LogP contribution in [0.15, 0.2) is 36.0 Å². The molecule has 2 N–H and O–H groups in total. The van der Waals surface area contributed by atoms with Crippen molar-refractivity contribution in [2.75, 3.05) is 13.6 Å². The second kappa shape index (κ2) is 7.58. The summed E-state index contributed by atoms with van der Waals surface area (Å²) in [6.45, 7) is 0.947. The van der Waals surface area contributed by atoms with Crippen LogP contribution in [0.3, 0.4) is 0 Å². The SMILES string of the molecule is CN(Cc1cc(C#CCN)cs1)C(=O)Cc1cccnc1. The standard InChI is InChI=1S/C16H17N3OS/c1-19(16(20)9-13-5-3-7-18-10-13)11-15-8-14(12-21-15)4-2-6-17/h3,5,7-8,10,12H,6,9,11,17H2,1H3. The monoisotopic (exact) mass is 299 g/mol. The molecule has 108 valence electrons. The summed E-state index contributed by atoms with van der Waals surface area (Å²) < 4.78 is 0. The van der Waals surface area contributed by atoms with Crippen molar-refractivity contribution in [1.29, 1.82) is 0 Å². The number of aromatic nitrogens is 1. The third-order valence-electron chi connectivity index (χ3n) is 2.89. The number of pyridine rings is 1. The molecule has 2 heterocycles. The minimum atomic E-state index is 0.0750. The summed E-state index contributed by atoms with van der Waals surface area (Å²) in [5.41, 5.74) is 7.23. The van der Waals surface area contributed by atoms with Crippen molar-refractivity contribution in [3.8, 4) is 11.8 Å². The number of nitrogens with zero attached hydrogens (tertiary/aromatic N) is 2. The lowest BCUT2D eigenvalue weighted by Gasteiger charge is -2.16. The Hall–Kier alpha value is -2.16. The van der Waals surface area contributed by atoms with Gasteiger partial charge in [-0.2, -0.15) is 0 Å². The van der Waals surface area contributed by atoms with Gasteiger partial charge in [-0.15, -0.1) is 11.3 Å². The van der Waals surface area contributed by atoms with E-state index in [1.165, 1.54) is 0 Å². The number of rotatable bonds is 4. The Morgan fingerprint density at radius 3 is 3.10 bits per heavy atom. The molecule has 0 aliphatic carbocycles. The van der Waals surface area contributed by atoms with E-state index < -0.39 is 0 Å². The first-order valence-corrected chi connectivity index (χ1v) is 7.46. The predicted molar refractivity (Wildman–Crippen MR) is 84.7 cm³/mol. The van der Waals surface area contributed by atoms with Crippen LogP contribution in [-0.4, -0.2) is 29.4 Å². The maximum atomic E-state index is 12.2. The van der Waals surface area contributed by atoms with Gasteiger partial charge in [-0.3, -0.25) is 9.78 Å². The van der Waals surface area contributed by atoms with Crippen LogP contribution in [0.25, 0.3) is 0 Å². The van der Waals surface area contributed by atoms with Gasteiger partial charge < -0.3 is 10.6 Å². The number of carbonyl (C=O) groups is 1. The second-order valence-corrected chi connectivity index (χ2v) is 5.59. The molecule has 5 heteroatoms. The summed E-state index contributed by atoms with van der Waals surface area (Å²) in [4.78, 5) is 19.0. The predicted octanol–water partition coefficient (Wildman–Crippen LogP) is 1.65. The normalized spacial score (nSPS) is 9.81. The lowest BCUT2D eigenvalue weighted by Crippen LogP contribution is -2.27. The van der Waals surface area contributed by atoms with Crippen LogP contribution in [0.5, 0.6) is 0 Å². The Morgan fingerprint density at radius 1 is 1.52 bits per heavy atom. The quantitative estimate of drug-likeness (QED) is 0.873. The molecule has 0 aromatic carbocycles. The Morgan fingerprint density at radius 2 is 2.38 bits per heavy atom. The van der Waals surface area contributed by atoms with Gasteiger partial charge in [0.15, 0.2) is 0 Å². The minimum Gasteiger partial charge on any atom is -0.340 e. The highest BCUT2D eigenvalue weighted by atomic mass is 32.1. The van der Waals surface area contributed by atoms with Crippen molar-refractivity contribution >= 4 is 17.2 Å². The minimum absolute atomic E-state index is 0.0750. The highest BCUT2D eigenvalue weighted by Crippen LogP contribution is 2.16. The average Bonchev–Trinajstić information content (AvgIpc) is 2.93. The van der Waals surface area contributed by atoms with E-state index in [1.54, 1.807) is 28.6 Å². The number of likely N-dealkylation sites (N-methyl/N-ethyl adjacent to an activating group) is 1. The smallest absolute Gasteiger partial charge is 0.227 e. The van der Waals surface area contributed by atoms with Crippen molar-refractivity contribution < 1.29 is 4.79 Å². The number of amides is 1. The van der Waals surface area contributed by atoms with Crippen molar-refractivity contribution in [3.05, 3.63) is 52.0 Å². The van der Waals surface area contributed by atoms with Gasteiger partial charge in [-0.1, -0.05) is 17.9 Å². The largest absolute Gasteiger partial charge is 0.340 e. The zero-order valence-corrected chi connectivity index (χ0v) is 12.7. The van der Waals surface area contributed by atoms with E-state index in [0.29, 0.717) is 19.5 Å². The third kappa shape index (κ3) is 4.71. The first kappa shape index (κ1) is 15.2. The van der Waals surface area contributed by atoms with Crippen LogP contribution in [0, 0.1) is 11.8 Å². The molecule has 2 rings (SSSR count). The van der Waals surface area contributed by atoms with Crippen LogP contribution in [-0.2, 0) is 17.8 Å². The lowest BCUT2D eigenvalue weighted by molar-refractivity contribution is -0.129. The van der Waals surface area contributed by atoms with E-state index >= 15 is 0 Å². The lowest BCUT2D eigenvalue weighted by atomic mass is 10.2. The van der Waals surface area contributed by atoms with Crippen molar-refractivity contribution in [3.63, 3.8) is 0 Å². The number of carbonyl (C=O) groups excluding carboxylic acids is 1. The van der Waals surface area contributed by atoms with Gasteiger partial charge in [0, 0.05) is 35.3 Å². The van der Waals surface area contributed by atoms with Gasteiger partial charge in [0.1, 0.15) is 0 Å². The molecule has 0 saturated heterocycles. The summed E-state index contributed by atoms with van der Waals surface area (Å²) in [6.07, 6.45) is 3.79. The van der Waals surface area contributed by atoms with Crippen molar-refractivity contribution in [1.82, 2.24) is 9.88 Å². The Bertz CT molecular complexity index is 655. The molecule has 21 heavy (non-hydrogen) atoms. The van der Waals surface area contributed by atoms with Gasteiger partial charge in [-0.25, -0.2) is 0 Å². The Balaban J connectivity index is 1.93. The molecule has 0 saturated carbocycles. The van der Waals surface area contributed by atoms with Crippen LogP contribution in [0.1, 0.15) is 16.0 Å². The molecule has 0 fully saturated rings. The average molecular weight is 299 g/mol. The highest BCUT2D eigenvalue weighted by molar-refractivity contribution is 7.10. The molecule has 0 bridgehead atoms. The van der Waals surface area contributed by atoms with Crippen molar-refractivity contribution in [2.45, 2.75) is 13.0 Å². The molecular weight excluding hydrogens is 282 g/mol. The number of thiophene rings is 1. The number of nitrogens with two attached hydrogens (primary N) is 1. The fraction of sp³-hybridized carbons (Fsp3) is 0.250. The van der Waals surface area contributed by atoms with Crippen LogP contribution in [0.4, 0.5) is 0 Å². The second-order valence-electron chi connectivity index (χ2n) is 4.60. The third-order valence-corrected chi connectivity index (χ3v) is 3.81. The molecule has 0 aliphatic heterocycles. The fourth-order valence-electron chi connectivity index (χ4n) is 1.82. The summed E-state index contributed by atoms with van der Waals surface area (Å²) in [7, 11) is 1.81. The number of hydrogen-bond donors (Lipinski definition) is 1. The molecule has 0 radical (unpaired) electrons. The van der Waals surface area contributed by atoms with E-state index in [4.69, 9.17) is 5.73 Å². The summed E-state index contributed by atoms with van der Waals surface area (Å²) in [5.74, 6) is 5.89. The van der Waals surface area contributed by atoms with Gasteiger partial charge in [0.05, 0.1) is 19.5 Å². The summed E-state index contributed by atoms with van der Waals surface area (Å²) in [5, 5.41) is 1.98. The molecule has 0 spiro atoms. The molecule has 0 atom stereocenters. The molecular formula is C16H17N3OS. The van der Waals surface area contributed by atoms with E-state index in [2.05, 4.69) is 16.8 Å². The number of hydrogen-bond acceptors (Lipinski definition) is 4. The first-order valence-electron chi connectivity index (χ1n) is 6.58. The van der Waals surface area contributed by atoms with Gasteiger partial charge in [-0.05, 0) is 17.7 Å². The van der Waals surface area contributed by atoms with E-state index in [1.807, 2.05) is 30.6 Å². The summed E-state index contributed by atoms with van der Waals surface area (Å²) >= 11 is 1.60. The van der Waals surface area contributed by atoms with Gasteiger partial charge in [0.25, 0.3) is 0 Å². The van der Waals surface area contributed by atoms with Gasteiger partial charge in [0.2, 0.25) is 5.91 Å². The zero-order valence-electron chi connectivity index (χ0n) is 11.9. The highest BCUT2D eigenvalue weighted by Gasteiger charge is 2.11. The van der Waals surface area contributed by atoms with Crippen LogP contribution < -0.4 is 5.73 Å². The molecule has 2 aromatic rings. The van der Waals surface area contributed by atoms with Gasteiger partial charge >= 0.3 is 0 Å². The fourth-order valence-corrected chi connectivity index (χ4v) is 2.68. The maximum Gasteiger partial charge on any atom is 0.227 e. The van der Waals surface area contributed by atoms with E-state index in [9.17, 15) is 4.79 Å². The van der Waals surface area contributed by atoms with Crippen LogP contribution >= 0.6 is 11.3 Å². The molecule has 0 unspecified atom stereocenters. The first-order chi connectivity index (χ1) is 10.2.